The van der Waals surface area contributed by atoms with Crippen molar-refractivity contribution in [2.45, 2.75) is 26.1 Å². The molecule has 0 fully saturated rings. The molecule has 9 heteroatoms. The zero-order chi connectivity index (χ0) is 19.7. The van der Waals surface area contributed by atoms with Gasteiger partial charge in [0.2, 0.25) is 5.91 Å². The van der Waals surface area contributed by atoms with E-state index in [0.717, 1.165) is 22.6 Å². The third kappa shape index (κ3) is 4.51. The molecule has 0 radical (unpaired) electrons. The molecule has 2 aromatic heterocycles. The zero-order valence-corrected chi connectivity index (χ0v) is 17.2. The lowest BCUT2D eigenvalue weighted by atomic mass is 10.1. The quantitative estimate of drug-likeness (QED) is 0.671. The Hall–Kier alpha value is -3.07. The van der Waals surface area contributed by atoms with Crippen LogP contribution in [0, 0.1) is 5.82 Å². The van der Waals surface area contributed by atoms with Gasteiger partial charge in [0.15, 0.2) is 0 Å². The summed E-state index contributed by atoms with van der Waals surface area (Å²) >= 11 is 0. The molecule has 0 unspecified atom stereocenters. The predicted octanol–water partition coefficient (Wildman–Crippen LogP) is 2.97. The summed E-state index contributed by atoms with van der Waals surface area (Å²) in [4.78, 5) is 18.2. The van der Waals surface area contributed by atoms with E-state index in [2.05, 4.69) is 20.7 Å². The molecule has 3 aromatic rings. The second-order valence-corrected chi connectivity index (χ2v) is 6.89. The fourth-order valence-corrected chi connectivity index (χ4v) is 3.10. The number of nitrogens with one attached hydrogen (secondary N) is 2. The third-order valence-corrected chi connectivity index (χ3v) is 4.90. The first-order chi connectivity index (χ1) is 13.5. The van der Waals surface area contributed by atoms with Gasteiger partial charge in [-0.1, -0.05) is 12.1 Å². The maximum absolute atomic E-state index is 13.0. The van der Waals surface area contributed by atoms with E-state index in [4.69, 9.17) is 0 Å². The lowest BCUT2D eigenvalue weighted by Gasteiger charge is -2.33. The zero-order valence-electron chi connectivity index (χ0n) is 16.2. The molecule has 152 valence electrons. The van der Waals surface area contributed by atoms with Crippen LogP contribution in [-0.2, 0) is 17.9 Å². The number of fused-ring (bicyclic) bond motifs is 1. The van der Waals surface area contributed by atoms with E-state index < -0.39 is 0 Å². The first-order valence-corrected chi connectivity index (χ1v) is 9.03. The number of rotatable bonds is 5. The maximum atomic E-state index is 13.0. The Morgan fingerprint density at radius 3 is 2.72 bits per heavy atom. The largest absolute Gasteiger partial charge is 0.366 e. The van der Waals surface area contributed by atoms with Crippen molar-refractivity contribution in [2.75, 3.05) is 22.6 Å². The highest BCUT2D eigenvalue weighted by atomic mass is 32.1. The summed E-state index contributed by atoms with van der Waals surface area (Å²) in [6.45, 7) is 3.02. The van der Waals surface area contributed by atoms with E-state index in [1.807, 2.05) is 35.8 Å². The second kappa shape index (κ2) is 8.52. The van der Waals surface area contributed by atoms with E-state index in [1.165, 1.54) is 12.1 Å². The van der Waals surface area contributed by atoms with E-state index in [9.17, 15) is 9.18 Å². The first-order valence-electron chi connectivity index (χ1n) is 9.03. The van der Waals surface area contributed by atoms with Crippen LogP contribution in [0.3, 0.4) is 0 Å². The van der Waals surface area contributed by atoms with Gasteiger partial charge in [-0.3, -0.25) is 9.48 Å². The molecular weight excluding hydrogens is 391 g/mol. The van der Waals surface area contributed by atoms with Crippen molar-refractivity contribution in [3.63, 3.8) is 0 Å². The van der Waals surface area contributed by atoms with Crippen LogP contribution in [0.5, 0.6) is 0 Å². The van der Waals surface area contributed by atoms with Crippen LogP contribution in [-0.4, -0.2) is 33.8 Å². The Kier molecular flexibility index (Phi) is 6.07. The number of halogens is 1. The van der Waals surface area contributed by atoms with Crippen molar-refractivity contribution in [3.8, 4) is 0 Å². The fourth-order valence-electron chi connectivity index (χ4n) is 3.10. The molecular formula is C20H23FN6OS. The van der Waals surface area contributed by atoms with Gasteiger partial charge >= 0.3 is 0 Å². The van der Waals surface area contributed by atoms with Crippen molar-refractivity contribution >= 4 is 36.6 Å². The number of hydrogen-bond donors (Lipinski definition) is 2. The number of aromatic nitrogens is 3. The molecule has 7 nitrogen and oxygen atoms in total. The van der Waals surface area contributed by atoms with Gasteiger partial charge in [0.1, 0.15) is 17.7 Å². The lowest BCUT2D eigenvalue weighted by Crippen LogP contribution is -2.43. The minimum atomic E-state index is -0.244. The van der Waals surface area contributed by atoms with Crippen molar-refractivity contribution in [3.05, 3.63) is 65.9 Å². The highest BCUT2D eigenvalue weighted by Gasteiger charge is 2.27. The fraction of sp³-hybridized carbons (Fsp3) is 0.250. The molecule has 0 aliphatic carbocycles. The number of nitrogens with zero attached hydrogens (tertiary/aromatic N) is 4. The maximum Gasteiger partial charge on any atom is 0.246 e. The van der Waals surface area contributed by atoms with Gasteiger partial charge in [0, 0.05) is 31.4 Å². The average Bonchev–Trinajstić information content (AvgIpc) is 3.14. The summed E-state index contributed by atoms with van der Waals surface area (Å²) in [6, 6.07) is 8.10. The van der Waals surface area contributed by atoms with Crippen LogP contribution < -0.4 is 15.5 Å². The summed E-state index contributed by atoms with van der Waals surface area (Å²) in [6.07, 6.45) is 5.41. The second-order valence-electron chi connectivity index (χ2n) is 6.89. The SMILES string of the molecule is C[C@H]1C(=O)Nc2cnc(NCc3cnn(Cc4ccc(F)cc4)c3)cc2N1C.S. The van der Waals surface area contributed by atoms with Crippen molar-refractivity contribution in [1.29, 1.82) is 0 Å². The molecule has 3 heterocycles. The van der Waals surface area contributed by atoms with Gasteiger partial charge in [-0.15, -0.1) is 0 Å². The number of likely N-dealkylation sites (N-methyl/N-ethyl adjacent to an activating group) is 1. The lowest BCUT2D eigenvalue weighted by molar-refractivity contribution is -0.117. The summed E-state index contributed by atoms with van der Waals surface area (Å²) in [7, 11) is 1.89. The summed E-state index contributed by atoms with van der Waals surface area (Å²) in [5, 5.41) is 10.5. The minimum absolute atomic E-state index is 0. The highest BCUT2D eigenvalue weighted by molar-refractivity contribution is 7.59. The number of hydrogen-bond acceptors (Lipinski definition) is 5. The number of amides is 1. The van der Waals surface area contributed by atoms with Crippen LogP contribution in [0.4, 0.5) is 21.6 Å². The Morgan fingerprint density at radius 2 is 1.97 bits per heavy atom. The third-order valence-electron chi connectivity index (χ3n) is 4.90. The molecule has 0 saturated heterocycles. The molecule has 1 atom stereocenters. The topological polar surface area (TPSA) is 75.1 Å². The highest BCUT2D eigenvalue weighted by Crippen LogP contribution is 2.32. The Labute approximate surface area is 175 Å². The Morgan fingerprint density at radius 1 is 1.21 bits per heavy atom. The molecule has 1 aliphatic rings. The average molecular weight is 415 g/mol. The van der Waals surface area contributed by atoms with Gasteiger partial charge in [0.05, 0.1) is 30.3 Å². The number of pyridine rings is 1. The number of carbonyl (C=O) groups is 1. The van der Waals surface area contributed by atoms with Crippen LogP contribution >= 0.6 is 13.5 Å². The Bertz CT molecular complexity index is 1010. The van der Waals surface area contributed by atoms with Crippen LogP contribution in [0.25, 0.3) is 0 Å². The molecule has 0 bridgehead atoms. The van der Waals surface area contributed by atoms with Crippen molar-refractivity contribution in [1.82, 2.24) is 14.8 Å². The molecule has 29 heavy (non-hydrogen) atoms. The van der Waals surface area contributed by atoms with Gasteiger partial charge < -0.3 is 15.5 Å². The van der Waals surface area contributed by atoms with Crippen molar-refractivity contribution in [2.24, 2.45) is 0 Å². The smallest absolute Gasteiger partial charge is 0.246 e. The van der Waals surface area contributed by atoms with Crippen LogP contribution in [0.2, 0.25) is 0 Å². The first kappa shape index (κ1) is 20.7. The van der Waals surface area contributed by atoms with Crippen LogP contribution in [0.1, 0.15) is 18.1 Å². The minimum Gasteiger partial charge on any atom is -0.366 e. The summed E-state index contributed by atoms with van der Waals surface area (Å²) < 4.78 is 14.8. The predicted molar refractivity (Wildman–Crippen MR) is 116 cm³/mol. The molecule has 1 aliphatic heterocycles. The van der Waals surface area contributed by atoms with Crippen molar-refractivity contribution < 1.29 is 9.18 Å². The molecule has 0 spiro atoms. The summed E-state index contributed by atoms with van der Waals surface area (Å²) in [5.41, 5.74) is 3.64. The Balaban J connectivity index is 0.00000240. The normalized spacial score (nSPS) is 15.3. The molecule has 0 saturated carbocycles. The van der Waals surface area contributed by atoms with E-state index in [1.54, 1.807) is 24.5 Å². The number of anilines is 3. The monoisotopic (exact) mass is 414 g/mol. The van der Waals surface area contributed by atoms with Gasteiger partial charge in [0.25, 0.3) is 0 Å². The van der Waals surface area contributed by atoms with Gasteiger partial charge in [-0.2, -0.15) is 18.6 Å². The number of carbonyl (C=O) groups excluding carboxylic acids is 1. The molecule has 4 rings (SSSR count). The van der Waals surface area contributed by atoms with E-state index in [0.29, 0.717) is 18.8 Å². The molecule has 1 amide bonds. The van der Waals surface area contributed by atoms with Gasteiger partial charge in [-0.25, -0.2) is 9.37 Å². The molecule has 1 aromatic carbocycles. The molecule has 2 N–H and O–H groups in total. The van der Waals surface area contributed by atoms with Crippen LogP contribution in [0.15, 0.2) is 48.9 Å². The summed E-state index contributed by atoms with van der Waals surface area (Å²) in [5.74, 6) is 0.442. The standard InChI is InChI=1S/C20H21FN6O.H2S/c1-13-20(28)25-17-10-23-19(7-18(17)26(13)2)22-8-15-9-24-27(12-15)11-14-3-5-16(21)6-4-14;/h3-7,9-10,12-13H,8,11H2,1-2H3,(H,22,23)(H,25,28);1H2/t13-;/m0./s1. The number of benzene rings is 1. The van der Waals surface area contributed by atoms with Gasteiger partial charge in [-0.05, 0) is 24.6 Å². The van der Waals surface area contributed by atoms with E-state index >= 15 is 0 Å². The van der Waals surface area contributed by atoms with E-state index in [-0.39, 0.29) is 31.3 Å².